The second-order valence-electron chi connectivity index (χ2n) is 6.29. The first kappa shape index (κ1) is 22.0. The molecule has 0 N–H and O–H groups in total. The van der Waals surface area contributed by atoms with E-state index in [1.807, 2.05) is 0 Å². The first-order valence-electron chi connectivity index (χ1n) is 8.37. The molecule has 0 amide bonds. The summed E-state index contributed by atoms with van der Waals surface area (Å²) in [6, 6.07) is 10.2. The van der Waals surface area contributed by atoms with Crippen molar-refractivity contribution in [2.45, 2.75) is 44.0 Å². The zero-order valence-corrected chi connectivity index (χ0v) is 18.0. The minimum Gasteiger partial charge on any atom is -0.300 e. The second-order valence-corrected chi connectivity index (χ2v) is 9.39. The van der Waals surface area contributed by atoms with Gasteiger partial charge in [0.05, 0.1) is 15.6 Å². The lowest BCUT2D eigenvalue weighted by Gasteiger charge is -2.31. The van der Waals surface area contributed by atoms with Crippen LogP contribution in [0.25, 0.3) is 0 Å². The third-order valence-corrected chi connectivity index (χ3v) is 6.82. The van der Waals surface area contributed by atoms with E-state index < -0.39 is 16.1 Å². The summed E-state index contributed by atoms with van der Waals surface area (Å²) >= 11 is 18.3. The highest BCUT2D eigenvalue weighted by molar-refractivity contribution is 7.92. The zero-order valence-electron chi connectivity index (χ0n) is 15.0. The van der Waals surface area contributed by atoms with Crippen LogP contribution in [0.3, 0.4) is 0 Å². The number of anilines is 1. The first-order valence-corrected chi connectivity index (χ1v) is 10.9. The molecule has 0 fully saturated rings. The van der Waals surface area contributed by atoms with Gasteiger partial charge in [-0.1, -0.05) is 34.8 Å². The minimum absolute atomic E-state index is 0.0649. The van der Waals surface area contributed by atoms with Crippen molar-refractivity contribution < 1.29 is 13.2 Å². The number of carbonyl (C=O) groups excluding carboxylic acids is 1. The highest BCUT2D eigenvalue weighted by Crippen LogP contribution is 2.35. The van der Waals surface area contributed by atoms with Crippen molar-refractivity contribution in [2.75, 3.05) is 4.31 Å². The molecule has 0 bridgehead atoms. The Morgan fingerprint density at radius 1 is 1.04 bits per heavy atom. The van der Waals surface area contributed by atoms with Gasteiger partial charge in [-0.05, 0) is 69.2 Å². The Bertz CT molecular complexity index is 914. The van der Waals surface area contributed by atoms with Gasteiger partial charge in [0.25, 0.3) is 10.0 Å². The number of ketones is 1. The maximum absolute atomic E-state index is 13.4. The summed E-state index contributed by atoms with van der Waals surface area (Å²) in [6.45, 7) is 3.30. The lowest BCUT2D eigenvalue weighted by atomic mass is 10.1. The molecule has 1 atom stereocenters. The predicted molar refractivity (Wildman–Crippen MR) is 112 cm³/mol. The molecule has 4 nitrogen and oxygen atoms in total. The molecule has 2 rings (SSSR count). The Morgan fingerprint density at radius 3 is 2.22 bits per heavy atom. The fourth-order valence-corrected chi connectivity index (χ4v) is 4.99. The number of rotatable bonds is 8. The van der Waals surface area contributed by atoms with Crippen LogP contribution >= 0.6 is 34.8 Å². The number of benzene rings is 2. The monoisotopic (exact) mass is 447 g/mol. The highest BCUT2D eigenvalue weighted by Gasteiger charge is 2.31. The van der Waals surface area contributed by atoms with Crippen LogP contribution in [0.1, 0.15) is 33.1 Å². The molecule has 27 heavy (non-hydrogen) atoms. The summed E-state index contributed by atoms with van der Waals surface area (Å²) in [5.41, 5.74) is 0.300. The summed E-state index contributed by atoms with van der Waals surface area (Å²) in [4.78, 5) is 11.3. The molecule has 0 saturated heterocycles. The van der Waals surface area contributed by atoms with Gasteiger partial charge in [0.15, 0.2) is 0 Å². The van der Waals surface area contributed by atoms with E-state index in [1.54, 1.807) is 19.1 Å². The van der Waals surface area contributed by atoms with Crippen molar-refractivity contribution in [3.8, 4) is 0 Å². The van der Waals surface area contributed by atoms with E-state index >= 15 is 0 Å². The number of halogens is 3. The van der Waals surface area contributed by atoms with Gasteiger partial charge in [0.1, 0.15) is 5.78 Å². The summed E-state index contributed by atoms with van der Waals surface area (Å²) in [5.74, 6) is 0.0649. The van der Waals surface area contributed by atoms with Crippen LogP contribution in [-0.2, 0) is 14.8 Å². The smallest absolute Gasteiger partial charge is 0.264 e. The fraction of sp³-hybridized carbons (Fsp3) is 0.316. The van der Waals surface area contributed by atoms with E-state index in [9.17, 15) is 13.2 Å². The highest BCUT2D eigenvalue weighted by atomic mass is 35.5. The average Bonchev–Trinajstić information content (AvgIpc) is 2.58. The summed E-state index contributed by atoms with van der Waals surface area (Å²) < 4.78 is 28.0. The van der Waals surface area contributed by atoms with Crippen molar-refractivity contribution >= 4 is 56.3 Å². The molecule has 2 aromatic rings. The zero-order chi connectivity index (χ0) is 20.2. The van der Waals surface area contributed by atoms with Gasteiger partial charge in [0, 0.05) is 22.5 Å². The molecular weight excluding hydrogens is 429 g/mol. The molecule has 0 radical (unpaired) electrons. The standard InChI is InChI=1S/C19H20Cl3NO3S/c1-13(4-3-5-14(2)24)23(19-12-16(21)8-11-18(19)22)27(25,26)17-9-6-15(20)7-10-17/h6-13H,3-5H2,1-2H3. The van der Waals surface area contributed by atoms with E-state index in [0.29, 0.717) is 35.0 Å². The van der Waals surface area contributed by atoms with Crippen LogP contribution in [-0.4, -0.2) is 20.2 Å². The quantitative estimate of drug-likeness (QED) is 0.498. The number of carbonyl (C=O) groups is 1. The lowest BCUT2D eigenvalue weighted by Crippen LogP contribution is -2.39. The third kappa shape index (κ3) is 5.61. The molecule has 1 unspecified atom stereocenters. The Balaban J connectivity index is 2.50. The molecule has 0 saturated carbocycles. The SMILES string of the molecule is CC(=O)CCCC(C)N(c1cc(Cl)ccc1Cl)S(=O)(=O)c1ccc(Cl)cc1. The molecule has 0 aromatic heterocycles. The Hall–Kier alpha value is -1.27. The van der Waals surface area contributed by atoms with E-state index in [4.69, 9.17) is 34.8 Å². The number of hydrogen-bond donors (Lipinski definition) is 0. The molecule has 2 aromatic carbocycles. The van der Waals surface area contributed by atoms with Gasteiger partial charge in [-0.15, -0.1) is 0 Å². The number of hydrogen-bond acceptors (Lipinski definition) is 3. The van der Waals surface area contributed by atoms with Crippen molar-refractivity contribution in [1.82, 2.24) is 0 Å². The molecule has 0 spiro atoms. The van der Waals surface area contributed by atoms with Crippen molar-refractivity contribution in [3.05, 3.63) is 57.5 Å². The van der Waals surface area contributed by atoms with Crippen molar-refractivity contribution in [3.63, 3.8) is 0 Å². The van der Waals surface area contributed by atoms with Crippen LogP contribution in [0.5, 0.6) is 0 Å². The largest absolute Gasteiger partial charge is 0.300 e. The molecule has 0 aliphatic rings. The van der Waals surface area contributed by atoms with Crippen LogP contribution in [0.4, 0.5) is 5.69 Å². The topological polar surface area (TPSA) is 54.5 Å². The first-order chi connectivity index (χ1) is 12.6. The van der Waals surface area contributed by atoms with Gasteiger partial charge < -0.3 is 4.79 Å². The van der Waals surface area contributed by atoms with Gasteiger partial charge in [0.2, 0.25) is 0 Å². The maximum atomic E-state index is 13.4. The van der Waals surface area contributed by atoms with Gasteiger partial charge in [-0.3, -0.25) is 4.31 Å². The molecule has 0 aliphatic heterocycles. The van der Waals surface area contributed by atoms with E-state index in [2.05, 4.69) is 0 Å². The number of sulfonamides is 1. The van der Waals surface area contributed by atoms with Crippen molar-refractivity contribution in [1.29, 1.82) is 0 Å². The van der Waals surface area contributed by atoms with Crippen LogP contribution in [0.2, 0.25) is 15.1 Å². The lowest BCUT2D eigenvalue weighted by molar-refractivity contribution is -0.117. The Morgan fingerprint density at radius 2 is 1.63 bits per heavy atom. The van der Waals surface area contributed by atoms with Crippen LogP contribution < -0.4 is 4.31 Å². The van der Waals surface area contributed by atoms with Gasteiger partial charge in [-0.25, -0.2) is 8.42 Å². The van der Waals surface area contributed by atoms with E-state index in [-0.39, 0.29) is 15.7 Å². The van der Waals surface area contributed by atoms with E-state index in [0.717, 1.165) is 0 Å². The predicted octanol–water partition coefficient (Wildman–Crippen LogP) is 5.99. The molecular formula is C19H20Cl3NO3S. The summed E-state index contributed by atoms with van der Waals surface area (Å²) in [5, 5.41) is 1.09. The van der Waals surface area contributed by atoms with Crippen LogP contribution in [0, 0.1) is 0 Å². The summed E-state index contributed by atoms with van der Waals surface area (Å²) in [6.07, 6.45) is 1.46. The normalized spacial score (nSPS) is 12.6. The number of nitrogens with zero attached hydrogens (tertiary/aromatic N) is 1. The summed E-state index contributed by atoms with van der Waals surface area (Å²) in [7, 11) is -3.91. The second kappa shape index (κ2) is 9.28. The Kier molecular flexibility index (Phi) is 7.57. The van der Waals surface area contributed by atoms with Crippen LogP contribution in [0.15, 0.2) is 47.4 Å². The third-order valence-electron chi connectivity index (χ3n) is 4.07. The van der Waals surface area contributed by atoms with Crippen molar-refractivity contribution in [2.24, 2.45) is 0 Å². The molecule has 146 valence electrons. The van der Waals surface area contributed by atoms with Gasteiger partial charge in [-0.2, -0.15) is 0 Å². The average molecular weight is 449 g/mol. The maximum Gasteiger partial charge on any atom is 0.264 e. The number of Topliss-reactive ketones (excluding diaryl/α,β-unsaturated/α-hetero) is 1. The molecule has 8 heteroatoms. The van der Waals surface area contributed by atoms with Gasteiger partial charge >= 0.3 is 0 Å². The Labute approximate surface area is 175 Å². The van der Waals surface area contributed by atoms with E-state index in [1.165, 1.54) is 41.6 Å². The molecule has 0 heterocycles. The minimum atomic E-state index is -3.91. The molecule has 0 aliphatic carbocycles. The fourth-order valence-electron chi connectivity index (χ4n) is 2.74.